The smallest absolute Gasteiger partial charge is 0.227 e. The predicted molar refractivity (Wildman–Crippen MR) is 113 cm³/mol. The third-order valence-corrected chi connectivity index (χ3v) is 9.28. The van der Waals surface area contributed by atoms with Gasteiger partial charge < -0.3 is 17.3 Å². The number of benzene rings is 3. The molecule has 0 radical (unpaired) electrons. The molecule has 0 spiro atoms. The second-order valence-corrected chi connectivity index (χ2v) is 10.3. The topological polar surface area (TPSA) is 20.3 Å². The van der Waals surface area contributed by atoms with Crippen molar-refractivity contribution in [3.05, 3.63) is 84.9 Å². The van der Waals surface area contributed by atoms with Crippen molar-refractivity contribution in [1.82, 2.24) is 0 Å². The maximum Gasteiger partial charge on any atom is 0.227 e. The summed E-state index contributed by atoms with van der Waals surface area (Å²) < 4.78 is 0. The Balaban J connectivity index is 0.00000210. The van der Waals surface area contributed by atoms with Gasteiger partial charge in [-0.1, -0.05) is 48.5 Å². The Morgan fingerprint density at radius 3 is 1.81 bits per heavy atom. The molecule has 3 aromatic carbocycles. The van der Waals surface area contributed by atoms with Crippen LogP contribution in [-0.2, 0) is 4.79 Å². The molecule has 0 bridgehead atoms. The first-order chi connectivity index (χ1) is 12.7. The Kier molecular flexibility index (Phi) is 5.99. The Bertz CT molecular complexity index is 874. The fourth-order valence-corrected chi connectivity index (χ4v) is 7.28. The second-order valence-electron chi connectivity index (χ2n) is 6.81. The molecule has 0 saturated carbocycles. The van der Waals surface area contributed by atoms with Crippen molar-refractivity contribution in [2.75, 3.05) is 18.1 Å². The minimum atomic E-state index is -1.84. The van der Waals surface area contributed by atoms with Gasteiger partial charge in [-0.25, -0.2) is 0 Å². The van der Waals surface area contributed by atoms with Gasteiger partial charge in [0.15, 0.2) is 0 Å². The minimum Gasteiger partial charge on any atom is -1.00 e. The third-order valence-electron chi connectivity index (χ3n) is 5.27. The lowest BCUT2D eigenvalue weighted by molar-refractivity contribution is -0.117. The number of nitrogens with zero attached hydrogens (tertiary/aromatic N) is 1. The largest absolute Gasteiger partial charge is 1.00 e. The van der Waals surface area contributed by atoms with E-state index in [0.29, 0.717) is 6.42 Å². The molecule has 0 aliphatic carbocycles. The summed E-state index contributed by atoms with van der Waals surface area (Å²) >= 11 is 0. The molecule has 27 heavy (non-hydrogen) atoms. The van der Waals surface area contributed by atoms with Crippen LogP contribution in [0.5, 0.6) is 0 Å². The Labute approximate surface area is 168 Å². The number of halogens is 1. The van der Waals surface area contributed by atoms with E-state index in [1.807, 2.05) is 11.0 Å². The average Bonchev–Trinajstić information content (AvgIpc) is 3.14. The lowest BCUT2D eigenvalue weighted by atomic mass is 10.3. The third kappa shape index (κ3) is 3.52. The summed E-state index contributed by atoms with van der Waals surface area (Å²) in [4.78, 5) is 14.5. The van der Waals surface area contributed by atoms with E-state index in [1.165, 1.54) is 15.9 Å². The number of carbonyl (C=O) groups excluding carboxylic acids is 1. The number of carbonyl (C=O) groups is 1. The zero-order chi connectivity index (χ0) is 18.0. The molecule has 1 saturated heterocycles. The number of amides is 1. The molecule has 4 rings (SSSR count). The van der Waals surface area contributed by atoms with Crippen molar-refractivity contribution >= 4 is 34.8 Å². The lowest BCUT2D eigenvalue weighted by Crippen LogP contribution is -3.00. The maximum absolute atomic E-state index is 12.5. The summed E-state index contributed by atoms with van der Waals surface area (Å²) in [6, 6.07) is 30.0. The SMILES string of the molecule is C[P+](c1ccccc1)(c1ccccc1)c1ccccc1N1CCCC1=O.[Cl-]. The molecule has 1 amide bonds. The van der Waals surface area contributed by atoms with Gasteiger partial charge in [0.25, 0.3) is 0 Å². The Morgan fingerprint density at radius 2 is 1.30 bits per heavy atom. The van der Waals surface area contributed by atoms with Crippen molar-refractivity contribution in [1.29, 1.82) is 0 Å². The normalized spacial score (nSPS) is 14.1. The number of hydrogen-bond donors (Lipinski definition) is 0. The van der Waals surface area contributed by atoms with Crippen molar-refractivity contribution in [2.24, 2.45) is 0 Å². The summed E-state index contributed by atoms with van der Waals surface area (Å²) in [6.07, 6.45) is 1.60. The molecule has 0 unspecified atom stereocenters. The Morgan fingerprint density at radius 1 is 0.778 bits per heavy atom. The van der Waals surface area contributed by atoms with Crippen molar-refractivity contribution in [3.8, 4) is 0 Å². The first-order valence-electron chi connectivity index (χ1n) is 9.09. The van der Waals surface area contributed by atoms with E-state index in [0.717, 1.165) is 18.7 Å². The summed E-state index contributed by atoms with van der Waals surface area (Å²) in [5.41, 5.74) is 1.08. The zero-order valence-electron chi connectivity index (χ0n) is 15.4. The summed E-state index contributed by atoms with van der Waals surface area (Å²) in [5, 5.41) is 3.96. The molecule has 1 heterocycles. The average molecular weight is 396 g/mol. The highest BCUT2D eigenvalue weighted by atomic mass is 35.5. The van der Waals surface area contributed by atoms with Crippen molar-refractivity contribution in [2.45, 2.75) is 12.8 Å². The molecular weight excluding hydrogens is 373 g/mol. The minimum absolute atomic E-state index is 0. The van der Waals surface area contributed by atoms with Gasteiger partial charge in [0.05, 0.1) is 12.4 Å². The van der Waals surface area contributed by atoms with Crippen LogP contribution in [0.15, 0.2) is 84.9 Å². The molecule has 1 aliphatic rings. The number of hydrogen-bond acceptors (Lipinski definition) is 1. The Hall–Kier alpha value is -2.15. The van der Waals surface area contributed by atoms with Crippen LogP contribution in [0.3, 0.4) is 0 Å². The second kappa shape index (κ2) is 8.25. The highest BCUT2D eigenvalue weighted by molar-refractivity contribution is 7.95. The monoisotopic (exact) mass is 395 g/mol. The van der Waals surface area contributed by atoms with E-state index >= 15 is 0 Å². The van der Waals surface area contributed by atoms with Crippen LogP contribution in [0, 0.1) is 0 Å². The molecule has 4 heteroatoms. The molecular formula is C23H23ClNOP. The van der Waals surface area contributed by atoms with Gasteiger partial charge >= 0.3 is 0 Å². The van der Waals surface area contributed by atoms with Gasteiger partial charge in [-0.3, -0.25) is 4.79 Å². The molecule has 138 valence electrons. The van der Waals surface area contributed by atoms with E-state index in [4.69, 9.17) is 0 Å². The van der Waals surface area contributed by atoms with Gasteiger partial charge in [-0.05, 0) is 42.8 Å². The first kappa shape index (κ1) is 19.6. The maximum atomic E-state index is 12.5. The summed E-state index contributed by atoms with van der Waals surface area (Å²) in [7, 11) is -1.84. The quantitative estimate of drug-likeness (QED) is 0.597. The number of anilines is 1. The van der Waals surface area contributed by atoms with E-state index in [2.05, 4.69) is 85.5 Å². The van der Waals surface area contributed by atoms with Crippen LogP contribution >= 0.6 is 7.26 Å². The molecule has 2 nitrogen and oxygen atoms in total. The van der Waals surface area contributed by atoms with Gasteiger partial charge in [0, 0.05) is 13.0 Å². The summed E-state index contributed by atoms with van der Waals surface area (Å²) in [6.45, 7) is 3.19. The molecule has 3 aromatic rings. The fraction of sp³-hybridized carbons (Fsp3) is 0.174. The highest BCUT2D eigenvalue weighted by Gasteiger charge is 2.43. The van der Waals surface area contributed by atoms with Gasteiger partial charge in [-0.2, -0.15) is 0 Å². The van der Waals surface area contributed by atoms with E-state index in [-0.39, 0.29) is 18.3 Å². The summed E-state index contributed by atoms with van der Waals surface area (Å²) in [5.74, 6) is 0.241. The van der Waals surface area contributed by atoms with Gasteiger partial charge in [0.2, 0.25) is 5.91 Å². The molecule has 0 aromatic heterocycles. The molecule has 0 N–H and O–H groups in total. The molecule has 1 aliphatic heterocycles. The molecule has 1 fully saturated rings. The number of para-hydroxylation sites is 1. The highest BCUT2D eigenvalue weighted by Crippen LogP contribution is 2.53. The van der Waals surface area contributed by atoms with Crippen LogP contribution in [0.4, 0.5) is 5.69 Å². The van der Waals surface area contributed by atoms with Gasteiger partial charge in [0.1, 0.15) is 23.2 Å². The van der Waals surface area contributed by atoms with Crippen LogP contribution in [0.25, 0.3) is 0 Å². The van der Waals surface area contributed by atoms with E-state index in [1.54, 1.807) is 0 Å². The first-order valence-corrected chi connectivity index (χ1v) is 11.3. The van der Waals surface area contributed by atoms with E-state index < -0.39 is 7.26 Å². The lowest BCUT2D eigenvalue weighted by Gasteiger charge is -2.28. The van der Waals surface area contributed by atoms with E-state index in [9.17, 15) is 4.79 Å². The van der Waals surface area contributed by atoms with Gasteiger partial charge in [-0.15, -0.1) is 0 Å². The van der Waals surface area contributed by atoms with Crippen LogP contribution in [0.2, 0.25) is 0 Å². The van der Waals surface area contributed by atoms with Crippen molar-refractivity contribution < 1.29 is 17.2 Å². The molecule has 0 atom stereocenters. The number of rotatable bonds is 4. The predicted octanol–water partition coefficient (Wildman–Crippen LogP) is 0.741. The van der Waals surface area contributed by atoms with Crippen LogP contribution in [-0.4, -0.2) is 19.1 Å². The van der Waals surface area contributed by atoms with Crippen LogP contribution < -0.4 is 33.2 Å². The zero-order valence-corrected chi connectivity index (χ0v) is 17.0. The fourth-order valence-electron chi connectivity index (χ4n) is 3.85. The van der Waals surface area contributed by atoms with Crippen molar-refractivity contribution in [3.63, 3.8) is 0 Å². The standard InChI is InChI=1S/C23H23NOP.ClH/c1-26(19-11-4-2-5-12-19,20-13-6-3-7-14-20)22-16-9-8-15-21(22)24-18-10-17-23(24)25;/h2-9,11-16H,10,17-18H2,1H3;1H/q+1;/p-1. The van der Waals surface area contributed by atoms with Crippen LogP contribution in [0.1, 0.15) is 12.8 Å².